The Kier molecular flexibility index (Phi) is 2.05. The monoisotopic (exact) mass is 227 g/mol. The lowest BCUT2D eigenvalue weighted by Crippen LogP contribution is -2.19. The number of benzene rings is 1. The number of nitrogens with one attached hydrogen (secondary N) is 1. The fraction of sp³-hybridized carbons (Fsp3) is 0.154. The van der Waals surface area contributed by atoms with Crippen LogP contribution >= 0.6 is 0 Å². The Bertz CT molecular complexity index is 673. The molecular formula is C13H9NO3. The largest absolute Gasteiger partial charge is 0.508 e. The van der Waals surface area contributed by atoms with E-state index in [-0.39, 0.29) is 11.7 Å². The third-order valence-electron chi connectivity index (χ3n) is 2.75. The molecule has 1 aromatic carbocycles. The number of aromatic hydroxyl groups is 1. The number of carbonyl (C=O) groups excluding carboxylic acids is 1. The summed E-state index contributed by atoms with van der Waals surface area (Å²) in [6.45, 7) is 0. The molecule has 1 aromatic heterocycles. The molecule has 4 heteroatoms. The summed E-state index contributed by atoms with van der Waals surface area (Å²) in [7, 11) is 0. The van der Waals surface area contributed by atoms with Crippen LogP contribution < -0.4 is 5.32 Å². The Morgan fingerprint density at radius 2 is 2.29 bits per heavy atom. The molecule has 3 rings (SSSR count). The number of hydrogen-bond acceptors (Lipinski definition) is 3. The van der Waals surface area contributed by atoms with E-state index in [1.165, 1.54) is 6.07 Å². The van der Waals surface area contributed by atoms with Gasteiger partial charge >= 0.3 is 0 Å². The van der Waals surface area contributed by atoms with E-state index in [0.29, 0.717) is 24.2 Å². The second-order valence-corrected chi connectivity index (χ2v) is 3.85. The van der Waals surface area contributed by atoms with E-state index in [2.05, 4.69) is 17.3 Å². The first-order valence-electron chi connectivity index (χ1n) is 5.28. The van der Waals surface area contributed by atoms with Crippen molar-refractivity contribution >= 4 is 16.9 Å². The van der Waals surface area contributed by atoms with Crippen LogP contribution in [0.25, 0.3) is 11.0 Å². The molecule has 0 unspecified atom stereocenters. The van der Waals surface area contributed by atoms with Gasteiger partial charge in [0.2, 0.25) is 0 Å². The SMILES string of the molecule is O=C1NC#CCCc2c1oc1ccc(O)cc21. The van der Waals surface area contributed by atoms with Crippen molar-refractivity contribution in [2.24, 2.45) is 0 Å². The van der Waals surface area contributed by atoms with Crippen LogP contribution in [-0.2, 0) is 6.42 Å². The molecule has 1 aliphatic heterocycles. The van der Waals surface area contributed by atoms with Gasteiger partial charge in [0, 0.05) is 23.4 Å². The summed E-state index contributed by atoms with van der Waals surface area (Å²) >= 11 is 0. The summed E-state index contributed by atoms with van der Waals surface area (Å²) in [5, 5.41) is 12.7. The molecule has 2 N–H and O–H groups in total. The number of rotatable bonds is 0. The maximum absolute atomic E-state index is 11.7. The normalized spacial score (nSPS) is 14.2. The number of fused-ring (bicyclic) bond motifs is 3. The van der Waals surface area contributed by atoms with Gasteiger partial charge in [0.15, 0.2) is 5.76 Å². The Morgan fingerprint density at radius 3 is 3.18 bits per heavy atom. The van der Waals surface area contributed by atoms with Gasteiger partial charge in [-0.2, -0.15) is 0 Å². The fourth-order valence-electron chi connectivity index (χ4n) is 1.98. The molecule has 2 heterocycles. The predicted octanol–water partition coefficient (Wildman–Crippen LogP) is 1.78. The van der Waals surface area contributed by atoms with Crippen molar-refractivity contribution in [1.29, 1.82) is 0 Å². The van der Waals surface area contributed by atoms with E-state index in [9.17, 15) is 9.90 Å². The summed E-state index contributed by atoms with van der Waals surface area (Å²) in [6, 6.07) is 7.38. The van der Waals surface area contributed by atoms with Crippen molar-refractivity contribution < 1.29 is 14.3 Å². The smallest absolute Gasteiger partial charge is 0.298 e. The zero-order valence-electron chi connectivity index (χ0n) is 8.91. The lowest BCUT2D eigenvalue weighted by Gasteiger charge is -2.01. The highest BCUT2D eigenvalue weighted by Gasteiger charge is 2.20. The predicted molar refractivity (Wildman–Crippen MR) is 61.4 cm³/mol. The van der Waals surface area contributed by atoms with Gasteiger partial charge < -0.3 is 9.52 Å². The third-order valence-corrected chi connectivity index (χ3v) is 2.75. The first kappa shape index (κ1) is 9.79. The van der Waals surface area contributed by atoms with Gasteiger partial charge in [-0.3, -0.25) is 10.1 Å². The van der Waals surface area contributed by atoms with Crippen LogP contribution in [0.1, 0.15) is 22.5 Å². The molecule has 84 valence electrons. The van der Waals surface area contributed by atoms with Crippen molar-refractivity contribution in [3.63, 3.8) is 0 Å². The van der Waals surface area contributed by atoms with Gasteiger partial charge in [-0.05, 0) is 24.6 Å². The summed E-state index contributed by atoms with van der Waals surface area (Å²) in [5.41, 5.74) is 1.41. The quantitative estimate of drug-likeness (QED) is 0.674. The maximum Gasteiger partial charge on any atom is 0.298 e. The van der Waals surface area contributed by atoms with Crippen LogP contribution in [-0.4, -0.2) is 11.0 Å². The van der Waals surface area contributed by atoms with E-state index in [0.717, 1.165) is 10.9 Å². The van der Waals surface area contributed by atoms with Crippen molar-refractivity contribution in [2.45, 2.75) is 12.8 Å². The molecule has 0 spiro atoms. The third kappa shape index (κ3) is 1.53. The van der Waals surface area contributed by atoms with Gasteiger partial charge in [-0.25, -0.2) is 0 Å². The molecule has 0 saturated carbocycles. The van der Waals surface area contributed by atoms with E-state index < -0.39 is 0 Å². The lowest BCUT2D eigenvalue weighted by molar-refractivity contribution is 0.0946. The molecule has 2 aromatic rings. The zero-order chi connectivity index (χ0) is 11.8. The second kappa shape index (κ2) is 3.56. The molecule has 4 nitrogen and oxygen atoms in total. The maximum atomic E-state index is 11.7. The molecule has 0 saturated heterocycles. The van der Waals surface area contributed by atoms with Gasteiger partial charge in [-0.1, -0.05) is 5.92 Å². The van der Waals surface area contributed by atoms with Crippen LogP contribution in [0.3, 0.4) is 0 Å². The Hall–Kier alpha value is -2.41. The highest BCUT2D eigenvalue weighted by Crippen LogP contribution is 2.30. The van der Waals surface area contributed by atoms with Gasteiger partial charge in [0.1, 0.15) is 11.3 Å². The second-order valence-electron chi connectivity index (χ2n) is 3.85. The van der Waals surface area contributed by atoms with Crippen molar-refractivity contribution in [3.05, 3.63) is 29.5 Å². The first-order valence-corrected chi connectivity index (χ1v) is 5.28. The van der Waals surface area contributed by atoms with Gasteiger partial charge in [0.25, 0.3) is 5.91 Å². The van der Waals surface area contributed by atoms with Gasteiger partial charge in [-0.15, -0.1) is 0 Å². The number of amides is 1. The number of phenolic OH excluding ortho intramolecular Hbond substituents is 1. The molecule has 1 aliphatic rings. The number of hydrogen-bond donors (Lipinski definition) is 2. The number of furan rings is 1. The number of carbonyl (C=O) groups is 1. The molecule has 17 heavy (non-hydrogen) atoms. The van der Waals surface area contributed by atoms with Crippen LogP contribution in [0.15, 0.2) is 22.6 Å². The summed E-state index contributed by atoms with van der Waals surface area (Å²) in [5.74, 6) is 2.96. The highest BCUT2D eigenvalue weighted by atomic mass is 16.3. The minimum atomic E-state index is -0.331. The summed E-state index contributed by atoms with van der Waals surface area (Å²) in [6.07, 6.45) is 1.30. The zero-order valence-corrected chi connectivity index (χ0v) is 8.91. The number of aryl methyl sites for hydroxylation is 1. The molecule has 0 radical (unpaired) electrons. The Morgan fingerprint density at radius 1 is 1.41 bits per heavy atom. The molecule has 1 amide bonds. The lowest BCUT2D eigenvalue weighted by atomic mass is 10.0. The van der Waals surface area contributed by atoms with E-state index in [1.807, 2.05) is 0 Å². The Labute approximate surface area is 97.2 Å². The van der Waals surface area contributed by atoms with E-state index in [1.54, 1.807) is 12.1 Å². The minimum absolute atomic E-state index is 0.162. The fourth-order valence-corrected chi connectivity index (χ4v) is 1.98. The summed E-state index contributed by atoms with van der Waals surface area (Å²) in [4.78, 5) is 11.7. The average Bonchev–Trinajstić information content (AvgIpc) is 2.64. The van der Waals surface area contributed by atoms with E-state index in [4.69, 9.17) is 4.42 Å². The van der Waals surface area contributed by atoms with Crippen LogP contribution in [0.5, 0.6) is 5.75 Å². The molecular weight excluding hydrogens is 218 g/mol. The molecule has 0 fully saturated rings. The number of phenols is 1. The first-order chi connectivity index (χ1) is 8.25. The average molecular weight is 227 g/mol. The van der Waals surface area contributed by atoms with Crippen molar-refractivity contribution in [1.82, 2.24) is 5.32 Å². The molecule has 0 aliphatic carbocycles. The topological polar surface area (TPSA) is 62.5 Å². The summed E-state index contributed by atoms with van der Waals surface area (Å²) < 4.78 is 5.50. The van der Waals surface area contributed by atoms with Crippen molar-refractivity contribution in [2.75, 3.05) is 0 Å². The van der Waals surface area contributed by atoms with Crippen LogP contribution in [0.4, 0.5) is 0 Å². The molecule has 0 atom stereocenters. The highest BCUT2D eigenvalue weighted by molar-refractivity contribution is 6.00. The molecule has 0 bridgehead atoms. The van der Waals surface area contributed by atoms with Gasteiger partial charge in [0.05, 0.1) is 0 Å². The standard InChI is InChI=1S/C13H9NO3/c15-8-4-5-11-10(7-8)9-3-1-2-6-14-13(16)12(9)17-11/h4-5,7,15H,1,3H2,(H,14,16). The van der Waals surface area contributed by atoms with E-state index >= 15 is 0 Å². The minimum Gasteiger partial charge on any atom is -0.508 e. The Balaban J connectivity index is 2.27. The van der Waals surface area contributed by atoms with Crippen LogP contribution in [0, 0.1) is 12.0 Å². The van der Waals surface area contributed by atoms with Crippen LogP contribution in [0.2, 0.25) is 0 Å². The van der Waals surface area contributed by atoms with Crippen molar-refractivity contribution in [3.8, 4) is 17.7 Å².